The maximum absolute atomic E-state index is 13.5. The van der Waals surface area contributed by atoms with Crippen molar-refractivity contribution in [1.29, 1.82) is 0 Å². The Kier molecular flexibility index (Phi) is 6.69. The molecule has 7 heteroatoms. The molecule has 1 aromatic carbocycles. The first-order chi connectivity index (χ1) is 14.0. The lowest BCUT2D eigenvalue weighted by Gasteiger charge is -2.32. The number of nitrogens with zero attached hydrogens (tertiary/aromatic N) is 4. The van der Waals surface area contributed by atoms with Gasteiger partial charge in [0.2, 0.25) is 11.8 Å². The number of rotatable bonds is 6. The van der Waals surface area contributed by atoms with Gasteiger partial charge in [-0.05, 0) is 44.0 Å². The molecule has 6 nitrogen and oxygen atoms in total. The van der Waals surface area contributed by atoms with Crippen LogP contribution in [0.15, 0.2) is 49.2 Å². The molecule has 1 aromatic heterocycles. The van der Waals surface area contributed by atoms with Crippen molar-refractivity contribution >= 4 is 11.8 Å². The summed E-state index contributed by atoms with van der Waals surface area (Å²) in [5.41, 5.74) is 1.40. The molecule has 1 aliphatic rings. The van der Waals surface area contributed by atoms with E-state index in [4.69, 9.17) is 0 Å². The van der Waals surface area contributed by atoms with Crippen LogP contribution in [-0.4, -0.2) is 57.8 Å². The van der Waals surface area contributed by atoms with Gasteiger partial charge in [-0.15, -0.1) is 0 Å². The predicted octanol–water partition coefficient (Wildman–Crippen LogP) is 3.02. The molecule has 0 N–H and O–H groups in total. The Labute approximate surface area is 170 Å². The molecule has 152 valence electrons. The highest BCUT2D eigenvalue weighted by Gasteiger charge is 2.27. The predicted molar refractivity (Wildman–Crippen MR) is 108 cm³/mol. The summed E-state index contributed by atoms with van der Waals surface area (Å²) < 4.78 is 13.5. The van der Waals surface area contributed by atoms with E-state index in [0.29, 0.717) is 30.9 Å². The van der Waals surface area contributed by atoms with E-state index >= 15 is 0 Å². The lowest BCUT2D eigenvalue weighted by atomic mass is 9.95. The van der Waals surface area contributed by atoms with Gasteiger partial charge in [0.25, 0.3) is 0 Å². The summed E-state index contributed by atoms with van der Waals surface area (Å²) in [4.78, 5) is 36.6. The molecule has 1 saturated heterocycles. The van der Waals surface area contributed by atoms with E-state index < -0.39 is 0 Å². The smallest absolute Gasteiger partial charge is 0.246 e. The van der Waals surface area contributed by atoms with E-state index in [1.54, 1.807) is 23.2 Å². The van der Waals surface area contributed by atoms with Crippen molar-refractivity contribution in [2.75, 3.05) is 26.2 Å². The number of likely N-dealkylation sites (N-methyl/N-ethyl adjacent to an activating group) is 1. The summed E-state index contributed by atoms with van der Waals surface area (Å²) in [5, 5.41) is 0. The third-order valence-corrected chi connectivity index (χ3v) is 5.20. The second-order valence-corrected chi connectivity index (χ2v) is 7.02. The van der Waals surface area contributed by atoms with E-state index in [2.05, 4.69) is 16.5 Å². The van der Waals surface area contributed by atoms with Crippen LogP contribution in [0.1, 0.15) is 31.5 Å². The summed E-state index contributed by atoms with van der Waals surface area (Å²) in [6.45, 7) is 7.03. The van der Waals surface area contributed by atoms with Gasteiger partial charge in [-0.2, -0.15) is 0 Å². The molecule has 0 bridgehead atoms. The monoisotopic (exact) mass is 396 g/mol. The fourth-order valence-corrected chi connectivity index (χ4v) is 3.50. The normalized spacial score (nSPS) is 14.5. The largest absolute Gasteiger partial charge is 0.341 e. The van der Waals surface area contributed by atoms with Crippen molar-refractivity contribution in [3.63, 3.8) is 0 Å². The van der Waals surface area contributed by atoms with Gasteiger partial charge in [0.1, 0.15) is 11.6 Å². The van der Waals surface area contributed by atoms with Crippen LogP contribution in [0, 0.1) is 5.82 Å². The zero-order valence-electron chi connectivity index (χ0n) is 16.6. The second-order valence-electron chi connectivity index (χ2n) is 7.02. The molecule has 2 heterocycles. The first-order valence-electron chi connectivity index (χ1n) is 9.79. The van der Waals surface area contributed by atoms with Gasteiger partial charge >= 0.3 is 0 Å². The number of halogens is 1. The molecule has 2 aromatic rings. The van der Waals surface area contributed by atoms with E-state index in [9.17, 15) is 14.0 Å². The molecular weight excluding hydrogens is 371 g/mol. The van der Waals surface area contributed by atoms with Crippen LogP contribution in [0.3, 0.4) is 0 Å². The number of benzene rings is 1. The Morgan fingerprint density at radius 3 is 2.72 bits per heavy atom. The average molecular weight is 396 g/mol. The molecule has 0 spiro atoms. The number of piperidine rings is 1. The van der Waals surface area contributed by atoms with Crippen LogP contribution in [0.25, 0.3) is 11.3 Å². The van der Waals surface area contributed by atoms with Crippen LogP contribution in [-0.2, 0) is 9.59 Å². The first-order valence-corrected chi connectivity index (χ1v) is 9.79. The Balaban J connectivity index is 1.62. The minimum atomic E-state index is -0.300. The molecule has 0 unspecified atom stereocenters. The van der Waals surface area contributed by atoms with Crippen molar-refractivity contribution in [2.24, 2.45) is 0 Å². The van der Waals surface area contributed by atoms with Gasteiger partial charge in [0.05, 0.1) is 12.2 Å². The molecule has 0 saturated carbocycles. The minimum Gasteiger partial charge on any atom is -0.341 e. The summed E-state index contributed by atoms with van der Waals surface area (Å²) >= 11 is 0. The summed E-state index contributed by atoms with van der Waals surface area (Å²) in [6, 6.07) is 8.11. The van der Waals surface area contributed by atoms with E-state index in [0.717, 1.165) is 18.7 Å². The number of hydrogen-bond acceptors (Lipinski definition) is 4. The number of carbonyl (C=O) groups is 2. The quantitative estimate of drug-likeness (QED) is 0.704. The van der Waals surface area contributed by atoms with Crippen LogP contribution >= 0.6 is 0 Å². The number of aromatic nitrogens is 2. The SMILES string of the molecule is C=CC(=O)N(CC)CC(=O)N1CCC(c2nccc(-c3cccc(F)c3)n2)CC1. The number of carbonyl (C=O) groups excluding carboxylic acids is 2. The molecule has 29 heavy (non-hydrogen) atoms. The Hall–Kier alpha value is -3.09. The third kappa shape index (κ3) is 5.04. The van der Waals surface area contributed by atoms with Gasteiger partial charge in [0.15, 0.2) is 0 Å². The van der Waals surface area contributed by atoms with Crippen LogP contribution in [0.5, 0.6) is 0 Å². The molecule has 0 radical (unpaired) electrons. The highest BCUT2D eigenvalue weighted by atomic mass is 19.1. The molecular formula is C22H25FN4O2. The van der Waals surface area contributed by atoms with Gasteiger partial charge in [0, 0.05) is 37.3 Å². The molecule has 0 aliphatic carbocycles. The van der Waals surface area contributed by atoms with Gasteiger partial charge in [-0.1, -0.05) is 18.7 Å². The van der Waals surface area contributed by atoms with Gasteiger partial charge < -0.3 is 9.80 Å². The average Bonchev–Trinajstić information content (AvgIpc) is 2.77. The zero-order chi connectivity index (χ0) is 20.8. The zero-order valence-corrected chi connectivity index (χ0v) is 16.6. The van der Waals surface area contributed by atoms with E-state index in [-0.39, 0.29) is 30.1 Å². The lowest BCUT2D eigenvalue weighted by Crippen LogP contribution is -2.45. The summed E-state index contributed by atoms with van der Waals surface area (Å²) in [6.07, 6.45) is 4.42. The fraction of sp³-hybridized carbons (Fsp3) is 0.364. The first kappa shape index (κ1) is 20.6. The Morgan fingerprint density at radius 1 is 1.31 bits per heavy atom. The Morgan fingerprint density at radius 2 is 2.07 bits per heavy atom. The molecule has 3 rings (SSSR count). The van der Waals surface area contributed by atoms with Crippen molar-refractivity contribution < 1.29 is 14.0 Å². The van der Waals surface area contributed by atoms with E-state index in [1.165, 1.54) is 23.1 Å². The molecule has 1 aliphatic heterocycles. The maximum Gasteiger partial charge on any atom is 0.246 e. The van der Waals surface area contributed by atoms with Gasteiger partial charge in [-0.25, -0.2) is 14.4 Å². The van der Waals surface area contributed by atoms with Crippen LogP contribution < -0.4 is 0 Å². The van der Waals surface area contributed by atoms with Crippen molar-refractivity contribution in [1.82, 2.24) is 19.8 Å². The minimum absolute atomic E-state index is 0.0603. The Bertz CT molecular complexity index is 894. The topological polar surface area (TPSA) is 66.4 Å². The summed E-state index contributed by atoms with van der Waals surface area (Å²) in [7, 11) is 0. The van der Waals surface area contributed by atoms with Crippen LogP contribution in [0.4, 0.5) is 4.39 Å². The maximum atomic E-state index is 13.5. The van der Waals surface area contributed by atoms with Crippen molar-refractivity contribution in [2.45, 2.75) is 25.7 Å². The number of likely N-dealkylation sites (tertiary alicyclic amines) is 1. The van der Waals surface area contributed by atoms with E-state index in [1.807, 2.05) is 13.0 Å². The summed E-state index contributed by atoms with van der Waals surface area (Å²) in [5.74, 6) is 0.263. The number of amides is 2. The second kappa shape index (κ2) is 9.41. The van der Waals surface area contributed by atoms with Gasteiger partial charge in [-0.3, -0.25) is 9.59 Å². The lowest BCUT2D eigenvalue weighted by molar-refractivity contribution is -0.138. The standard InChI is InChI=1S/C22H25FN4O2/c1-3-20(28)26(4-2)15-21(29)27-12-9-16(10-13-27)22-24-11-8-19(25-22)17-6-5-7-18(23)14-17/h3,5-8,11,14,16H,1,4,9-10,12-13,15H2,2H3. The number of hydrogen-bond donors (Lipinski definition) is 0. The van der Waals surface area contributed by atoms with Crippen molar-refractivity contribution in [3.05, 3.63) is 60.8 Å². The molecule has 0 atom stereocenters. The highest BCUT2D eigenvalue weighted by Crippen LogP contribution is 2.27. The van der Waals surface area contributed by atoms with Crippen molar-refractivity contribution in [3.8, 4) is 11.3 Å². The molecule has 2 amide bonds. The highest BCUT2D eigenvalue weighted by molar-refractivity contribution is 5.90. The van der Waals surface area contributed by atoms with Crippen LogP contribution in [0.2, 0.25) is 0 Å². The fourth-order valence-electron chi connectivity index (χ4n) is 3.50. The molecule has 1 fully saturated rings. The third-order valence-electron chi connectivity index (χ3n) is 5.20.